The highest BCUT2D eigenvalue weighted by atomic mass is 16.2. The van der Waals surface area contributed by atoms with Crippen LogP contribution in [-0.4, -0.2) is 42.0 Å². The van der Waals surface area contributed by atoms with Gasteiger partial charge < -0.3 is 10.6 Å². The summed E-state index contributed by atoms with van der Waals surface area (Å²) in [5, 5.41) is 6.06. The fourth-order valence-electron chi connectivity index (χ4n) is 2.57. The minimum Gasteiger partial charge on any atom is -0.323 e. The first-order valence-electron chi connectivity index (χ1n) is 6.91. The topological polar surface area (TPSA) is 61.4 Å². The quantitative estimate of drug-likeness (QED) is 0.601. The summed E-state index contributed by atoms with van der Waals surface area (Å²) in [7, 11) is 0. The molecular weight excluding hydrogens is 254 g/mol. The third kappa shape index (κ3) is 2.82. The van der Waals surface area contributed by atoms with Crippen LogP contribution in [-0.2, 0) is 4.79 Å². The van der Waals surface area contributed by atoms with E-state index in [1.807, 2.05) is 31.2 Å². The van der Waals surface area contributed by atoms with Crippen molar-refractivity contribution in [2.24, 2.45) is 0 Å². The number of nitrogens with one attached hydrogen (secondary N) is 2. The van der Waals surface area contributed by atoms with Crippen LogP contribution < -0.4 is 10.6 Å². The van der Waals surface area contributed by atoms with Gasteiger partial charge in [-0.15, -0.1) is 0 Å². The molecule has 0 aromatic rings. The third-order valence-corrected chi connectivity index (χ3v) is 3.70. The van der Waals surface area contributed by atoms with Gasteiger partial charge in [0, 0.05) is 0 Å². The van der Waals surface area contributed by atoms with E-state index >= 15 is 0 Å². The minimum atomic E-state index is -0.699. The van der Waals surface area contributed by atoms with Crippen molar-refractivity contribution >= 4 is 11.9 Å². The van der Waals surface area contributed by atoms with E-state index in [1.54, 1.807) is 0 Å². The van der Waals surface area contributed by atoms with Crippen LogP contribution in [0.1, 0.15) is 19.8 Å². The normalized spacial score (nSPS) is 22.1. The number of allylic oxidation sites excluding steroid dienone is 3. The molecule has 0 bridgehead atoms. The predicted octanol–water partition coefficient (Wildman–Crippen LogP) is 1.35. The van der Waals surface area contributed by atoms with Gasteiger partial charge in [0.1, 0.15) is 5.54 Å². The largest absolute Gasteiger partial charge is 0.325 e. The second-order valence-electron chi connectivity index (χ2n) is 5.20. The summed E-state index contributed by atoms with van der Waals surface area (Å²) in [5.74, 6) is -0.121. The second kappa shape index (κ2) is 6.05. The molecular formula is C15H21N3O2. The molecule has 3 amide bonds. The van der Waals surface area contributed by atoms with Crippen LogP contribution in [0.2, 0.25) is 0 Å². The van der Waals surface area contributed by atoms with Crippen molar-refractivity contribution in [2.45, 2.75) is 25.3 Å². The molecule has 0 aliphatic carbocycles. The molecule has 2 fully saturated rings. The van der Waals surface area contributed by atoms with Gasteiger partial charge in [-0.2, -0.15) is 0 Å². The molecule has 0 atom stereocenters. The van der Waals surface area contributed by atoms with Crippen molar-refractivity contribution in [1.29, 1.82) is 0 Å². The molecule has 2 heterocycles. The fourth-order valence-corrected chi connectivity index (χ4v) is 2.57. The highest BCUT2D eigenvalue weighted by molar-refractivity contribution is 6.07. The van der Waals surface area contributed by atoms with Crippen molar-refractivity contribution in [3.63, 3.8) is 0 Å². The maximum atomic E-state index is 12.5. The van der Waals surface area contributed by atoms with Crippen molar-refractivity contribution in [3.8, 4) is 0 Å². The average Bonchev–Trinajstić information content (AvgIpc) is 2.65. The molecule has 0 aromatic carbocycles. The van der Waals surface area contributed by atoms with Gasteiger partial charge in [-0.25, -0.2) is 4.79 Å². The number of urea groups is 1. The Kier molecular flexibility index (Phi) is 4.39. The van der Waals surface area contributed by atoms with E-state index in [0.717, 1.165) is 18.7 Å². The summed E-state index contributed by atoms with van der Waals surface area (Å²) >= 11 is 0. The van der Waals surface area contributed by atoms with Gasteiger partial charge in [0.15, 0.2) is 0 Å². The van der Waals surface area contributed by atoms with E-state index in [2.05, 4.69) is 17.2 Å². The zero-order valence-corrected chi connectivity index (χ0v) is 11.8. The second-order valence-corrected chi connectivity index (χ2v) is 5.20. The van der Waals surface area contributed by atoms with E-state index in [0.29, 0.717) is 12.8 Å². The summed E-state index contributed by atoms with van der Waals surface area (Å²) in [5.41, 5.74) is 0.0351. The molecule has 108 valence electrons. The van der Waals surface area contributed by atoms with Crippen LogP contribution in [0, 0.1) is 0 Å². The van der Waals surface area contributed by atoms with Gasteiger partial charge in [-0.05, 0) is 38.4 Å². The van der Waals surface area contributed by atoms with Gasteiger partial charge in [-0.3, -0.25) is 9.69 Å². The van der Waals surface area contributed by atoms with Crippen LogP contribution in [0.5, 0.6) is 0 Å². The molecule has 2 rings (SSSR count). The Bertz CT molecular complexity index is 474. The monoisotopic (exact) mass is 275 g/mol. The summed E-state index contributed by atoms with van der Waals surface area (Å²) in [6.45, 7) is 7.56. The summed E-state index contributed by atoms with van der Waals surface area (Å²) in [6.07, 6.45) is 8.74. The summed E-state index contributed by atoms with van der Waals surface area (Å²) < 4.78 is 0. The van der Waals surface area contributed by atoms with Gasteiger partial charge >= 0.3 is 6.03 Å². The highest BCUT2D eigenvalue weighted by Crippen LogP contribution is 2.27. The van der Waals surface area contributed by atoms with Crippen molar-refractivity contribution in [2.75, 3.05) is 19.6 Å². The van der Waals surface area contributed by atoms with Crippen molar-refractivity contribution < 1.29 is 9.59 Å². The van der Waals surface area contributed by atoms with Crippen molar-refractivity contribution in [3.05, 3.63) is 36.5 Å². The standard InChI is InChI=1S/C15H21N3O2/c1-3-4-5-6-12(2)11-18-13(19)15(17-14(18)20)7-9-16-10-8-15/h3-6,16H,2,7-11H2,1H3,(H,17,20)/b4-3-,6-5-. The zero-order chi connectivity index (χ0) is 14.6. The molecule has 2 saturated heterocycles. The first-order valence-corrected chi connectivity index (χ1v) is 6.91. The van der Waals surface area contributed by atoms with Crippen molar-refractivity contribution in [1.82, 2.24) is 15.5 Å². The Morgan fingerprint density at radius 2 is 2.05 bits per heavy atom. The Morgan fingerprint density at radius 1 is 1.35 bits per heavy atom. The molecule has 2 N–H and O–H groups in total. The number of piperidine rings is 1. The summed E-state index contributed by atoms with van der Waals surface area (Å²) in [6, 6.07) is -0.308. The maximum absolute atomic E-state index is 12.5. The van der Waals surface area contributed by atoms with E-state index in [9.17, 15) is 9.59 Å². The molecule has 0 aromatic heterocycles. The third-order valence-electron chi connectivity index (χ3n) is 3.70. The smallest absolute Gasteiger partial charge is 0.323 e. The molecule has 0 radical (unpaired) electrons. The molecule has 2 aliphatic heterocycles. The lowest BCUT2D eigenvalue weighted by molar-refractivity contribution is -0.131. The van der Waals surface area contributed by atoms with E-state index in [4.69, 9.17) is 0 Å². The van der Waals surface area contributed by atoms with Crippen LogP contribution in [0.15, 0.2) is 36.5 Å². The number of carbonyl (C=O) groups excluding carboxylic acids is 2. The Hall–Kier alpha value is -1.88. The number of imide groups is 1. The van der Waals surface area contributed by atoms with Gasteiger partial charge in [0.05, 0.1) is 6.54 Å². The number of nitrogens with zero attached hydrogens (tertiary/aromatic N) is 1. The number of hydrogen-bond acceptors (Lipinski definition) is 3. The lowest BCUT2D eigenvalue weighted by atomic mass is 9.88. The molecule has 20 heavy (non-hydrogen) atoms. The van der Waals surface area contributed by atoms with Crippen LogP contribution in [0.25, 0.3) is 0 Å². The molecule has 2 aliphatic rings. The number of rotatable bonds is 4. The average molecular weight is 275 g/mol. The molecule has 1 spiro atoms. The van der Waals surface area contributed by atoms with Gasteiger partial charge in [-0.1, -0.05) is 30.9 Å². The Labute approximate surface area is 119 Å². The van der Waals surface area contributed by atoms with E-state index in [-0.39, 0.29) is 18.5 Å². The SMILES string of the molecule is C=C(/C=C\C=C/C)CN1C(=O)NC2(CCNCC2)C1=O. The molecule has 0 unspecified atom stereocenters. The Morgan fingerprint density at radius 3 is 2.70 bits per heavy atom. The molecule has 5 nitrogen and oxygen atoms in total. The van der Waals surface area contributed by atoms with Crippen LogP contribution in [0.4, 0.5) is 4.79 Å². The Balaban J connectivity index is 2.04. The minimum absolute atomic E-state index is 0.121. The molecule has 5 heteroatoms. The van der Waals surface area contributed by atoms with E-state index < -0.39 is 5.54 Å². The predicted molar refractivity (Wildman–Crippen MR) is 78.2 cm³/mol. The first kappa shape index (κ1) is 14.5. The molecule has 0 saturated carbocycles. The lowest BCUT2D eigenvalue weighted by Gasteiger charge is -2.31. The summed E-state index contributed by atoms with van der Waals surface area (Å²) in [4.78, 5) is 25.8. The van der Waals surface area contributed by atoms with Gasteiger partial charge in [0.2, 0.25) is 0 Å². The fraction of sp³-hybridized carbons (Fsp3) is 0.467. The lowest BCUT2D eigenvalue weighted by Crippen LogP contribution is -2.53. The highest BCUT2D eigenvalue weighted by Gasteiger charge is 2.51. The van der Waals surface area contributed by atoms with Gasteiger partial charge in [0.25, 0.3) is 5.91 Å². The van der Waals surface area contributed by atoms with E-state index in [1.165, 1.54) is 4.90 Å². The number of carbonyl (C=O) groups is 2. The van der Waals surface area contributed by atoms with Crippen LogP contribution >= 0.6 is 0 Å². The first-order chi connectivity index (χ1) is 9.59. The zero-order valence-electron chi connectivity index (χ0n) is 11.8. The number of amides is 3. The van der Waals surface area contributed by atoms with Crippen LogP contribution in [0.3, 0.4) is 0 Å². The number of hydrogen-bond donors (Lipinski definition) is 2. The maximum Gasteiger partial charge on any atom is 0.325 e.